The Balaban J connectivity index is 1.98. The summed E-state index contributed by atoms with van der Waals surface area (Å²) in [5.74, 6) is 0.535. The molecule has 1 fully saturated rings. The SMILES string of the molecule is CC(NCC1(C(C)C)CC1)c1ccc(F)cc1Br. The molecule has 18 heavy (non-hydrogen) atoms. The molecule has 3 heteroatoms. The fourth-order valence-electron chi connectivity index (χ4n) is 2.44. The van der Waals surface area contributed by atoms with E-state index in [2.05, 4.69) is 42.0 Å². The Hall–Kier alpha value is -0.410. The zero-order chi connectivity index (χ0) is 13.3. The molecule has 0 saturated heterocycles. The molecule has 1 N–H and O–H groups in total. The topological polar surface area (TPSA) is 12.0 Å². The van der Waals surface area contributed by atoms with Gasteiger partial charge in [-0.15, -0.1) is 0 Å². The first-order chi connectivity index (χ1) is 8.44. The van der Waals surface area contributed by atoms with Crippen molar-refractivity contribution in [1.82, 2.24) is 5.32 Å². The first-order valence-corrected chi connectivity index (χ1v) is 7.42. The summed E-state index contributed by atoms with van der Waals surface area (Å²) in [6, 6.07) is 5.15. The highest BCUT2D eigenvalue weighted by molar-refractivity contribution is 9.10. The van der Waals surface area contributed by atoms with E-state index in [1.54, 1.807) is 0 Å². The average molecular weight is 314 g/mol. The minimum atomic E-state index is -0.196. The molecule has 1 aromatic carbocycles. The van der Waals surface area contributed by atoms with Crippen LogP contribution in [0.1, 0.15) is 45.2 Å². The molecule has 0 radical (unpaired) electrons. The Morgan fingerprint density at radius 2 is 2.00 bits per heavy atom. The van der Waals surface area contributed by atoms with Crippen molar-refractivity contribution in [2.24, 2.45) is 11.3 Å². The van der Waals surface area contributed by atoms with Crippen molar-refractivity contribution in [3.05, 3.63) is 34.1 Å². The highest BCUT2D eigenvalue weighted by atomic mass is 79.9. The van der Waals surface area contributed by atoms with Gasteiger partial charge in [-0.2, -0.15) is 0 Å². The summed E-state index contributed by atoms with van der Waals surface area (Å²) in [4.78, 5) is 0. The molecule has 1 nitrogen and oxygen atoms in total. The molecule has 0 amide bonds. The highest BCUT2D eigenvalue weighted by Crippen LogP contribution is 2.51. The second kappa shape index (κ2) is 5.30. The zero-order valence-electron chi connectivity index (χ0n) is 11.3. The lowest BCUT2D eigenvalue weighted by atomic mass is 9.92. The van der Waals surface area contributed by atoms with Crippen LogP contribution in [-0.4, -0.2) is 6.54 Å². The van der Waals surface area contributed by atoms with Gasteiger partial charge in [-0.1, -0.05) is 35.8 Å². The summed E-state index contributed by atoms with van der Waals surface area (Å²) in [7, 11) is 0. The van der Waals surface area contributed by atoms with Gasteiger partial charge in [0, 0.05) is 17.1 Å². The van der Waals surface area contributed by atoms with Crippen molar-refractivity contribution in [2.75, 3.05) is 6.54 Å². The van der Waals surface area contributed by atoms with Crippen LogP contribution in [0.3, 0.4) is 0 Å². The third-order valence-corrected chi connectivity index (χ3v) is 4.99. The monoisotopic (exact) mass is 313 g/mol. The van der Waals surface area contributed by atoms with Gasteiger partial charge in [-0.25, -0.2) is 4.39 Å². The normalized spacial score (nSPS) is 19.0. The Bertz CT molecular complexity index is 427. The van der Waals surface area contributed by atoms with Crippen LogP contribution in [0.5, 0.6) is 0 Å². The van der Waals surface area contributed by atoms with E-state index < -0.39 is 0 Å². The number of benzene rings is 1. The average Bonchev–Trinajstić information content (AvgIpc) is 3.07. The van der Waals surface area contributed by atoms with E-state index in [1.807, 2.05) is 6.07 Å². The number of hydrogen-bond acceptors (Lipinski definition) is 1. The smallest absolute Gasteiger partial charge is 0.124 e. The maximum Gasteiger partial charge on any atom is 0.124 e. The van der Waals surface area contributed by atoms with Crippen LogP contribution in [0, 0.1) is 17.2 Å². The number of rotatable bonds is 5. The zero-order valence-corrected chi connectivity index (χ0v) is 12.8. The second-order valence-corrected chi connectivity index (χ2v) is 6.64. The minimum absolute atomic E-state index is 0.196. The Morgan fingerprint density at radius 1 is 1.33 bits per heavy atom. The van der Waals surface area contributed by atoms with Gasteiger partial charge < -0.3 is 5.32 Å². The summed E-state index contributed by atoms with van der Waals surface area (Å²) in [5.41, 5.74) is 1.62. The van der Waals surface area contributed by atoms with Crippen LogP contribution in [-0.2, 0) is 0 Å². The van der Waals surface area contributed by atoms with Crippen LogP contribution in [0.4, 0.5) is 4.39 Å². The first kappa shape index (κ1) is 14.0. The van der Waals surface area contributed by atoms with Crippen LogP contribution in [0.2, 0.25) is 0 Å². The number of halogens is 2. The van der Waals surface area contributed by atoms with Crippen LogP contribution < -0.4 is 5.32 Å². The van der Waals surface area contributed by atoms with E-state index in [1.165, 1.54) is 25.0 Å². The number of hydrogen-bond donors (Lipinski definition) is 1. The van der Waals surface area contributed by atoms with Crippen molar-refractivity contribution >= 4 is 15.9 Å². The molecule has 0 spiro atoms. The van der Waals surface area contributed by atoms with Gasteiger partial charge in [0.05, 0.1) is 0 Å². The van der Waals surface area contributed by atoms with Gasteiger partial charge in [-0.3, -0.25) is 0 Å². The molecule has 1 aliphatic carbocycles. The van der Waals surface area contributed by atoms with E-state index in [9.17, 15) is 4.39 Å². The molecular formula is C15H21BrFN. The standard InChI is InChI=1S/C15H21BrFN/c1-10(2)15(6-7-15)9-18-11(3)13-5-4-12(17)8-14(13)16/h4-5,8,10-11,18H,6-7,9H2,1-3H3. The van der Waals surface area contributed by atoms with E-state index in [0.717, 1.165) is 22.5 Å². The fourth-order valence-corrected chi connectivity index (χ4v) is 3.13. The summed E-state index contributed by atoms with van der Waals surface area (Å²) in [6.07, 6.45) is 2.66. The molecule has 100 valence electrons. The van der Waals surface area contributed by atoms with Gasteiger partial charge in [0.2, 0.25) is 0 Å². The lowest BCUT2D eigenvalue weighted by Gasteiger charge is -2.24. The first-order valence-electron chi connectivity index (χ1n) is 6.63. The van der Waals surface area contributed by atoms with E-state index in [-0.39, 0.29) is 11.9 Å². The van der Waals surface area contributed by atoms with Gasteiger partial charge in [0.25, 0.3) is 0 Å². The van der Waals surface area contributed by atoms with Crippen molar-refractivity contribution in [3.8, 4) is 0 Å². The van der Waals surface area contributed by atoms with Gasteiger partial charge in [0.1, 0.15) is 5.82 Å². The molecule has 1 unspecified atom stereocenters. The molecular weight excluding hydrogens is 293 g/mol. The highest BCUT2D eigenvalue weighted by Gasteiger charge is 2.44. The van der Waals surface area contributed by atoms with Crippen molar-refractivity contribution < 1.29 is 4.39 Å². The van der Waals surface area contributed by atoms with Crippen molar-refractivity contribution in [3.63, 3.8) is 0 Å². The third-order valence-electron chi connectivity index (χ3n) is 4.31. The van der Waals surface area contributed by atoms with E-state index in [0.29, 0.717) is 5.41 Å². The van der Waals surface area contributed by atoms with Crippen molar-refractivity contribution in [1.29, 1.82) is 0 Å². The molecule has 1 saturated carbocycles. The van der Waals surface area contributed by atoms with Crippen LogP contribution in [0.25, 0.3) is 0 Å². The summed E-state index contributed by atoms with van der Waals surface area (Å²) in [5, 5.41) is 3.59. The summed E-state index contributed by atoms with van der Waals surface area (Å²) < 4.78 is 13.9. The second-order valence-electron chi connectivity index (χ2n) is 5.79. The predicted octanol–water partition coefficient (Wildman–Crippen LogP) is 4.68. The Labute approximate surface area is 117 Å². The summed E-state index contributed by atoms with van der Waals surface area (Å²) in [6.45, 7) is 7.78. The van der Waals surface area contributed by atoms with Crippen molar-refractivity contribution in [2.45, 2.75) is 39.7 Å². The number of nitrogens with one attached hydrogen (secondary N) is 1. The van der Waals surface area contributed by atoms with Gasteiger partial charge >= 0.3 is 0 Å². The minimum Gasteiger partial charge on any atom is -0.310 e. The predicted molar refractivity (Wildman–Crippen MR) is 77.0 cm³/mol. The van der Waals surface area contributed by atoms with E-state index in [4.69, 9.17) is 0 Å². The Kier molecular flexibility index (Phi) is 4.12. The molecule has 2 rings (SSSR count). The lowest BCUT2D eigenvalue weighted by Crippen LogP contribution is -2.29. The molecule has 0 bridgehead atoms. The quantitative estimate of drug-likeness (QED) is 0.832. The van der Waals surface area contributed by atoms with Crippen LogP contribution >= 0.6 is 15.9 Å². The maximum absolute atomic E-state index is 13.1. The molecule has 1 atom stereocenters. The van der Waals surface area contributed by atoms with Crippen LogP contribution in [0.15, 0.2) is 22.7 Å². The van der Waals surface area contributed by atoms with E-state index >= 15 is 0 Å². The molecule has 0 aliphatic heterocycles. The Morgan fingerprint density at radius 3 is 2.50 bits per heavy atom. The summed E-state index contributed by atoms with van der Waals surface area (Å²) >= 11 is 3.43. The van der Waals surface area contributed by atoms with Gasteiger partial charge in [0.15, 0.2) is 0 Å². The molecule has 0 heterocycles. The molecule has 1 aromatic rings. The van der Waals surface area contributed by atoms with Gasteiger partial charge in [-0.05, 0) is 48.8 Å². The molecule has 1 aliphatic rings. The lowest BCUT2D eigenvalue weighted by molar-refractivity contribution is 0.325. The maximum atomic E-state index is 13.1. The largest absolute Gasteiger partial charge is 0.310 e. The fraction of sp³-hybridized carbons (Fsp3) is 0.600. The molecule has 0 aromatic heterocycles. The third kappa shape index (κ3) is 2.94.